The Balaban J connectivity index is 1.46. The number of fused-ring (bicyclic) bond motifs is 1. The molecule has 2 aromatic heterocycles. The van der Waals surface area contributed by atoms with Crippen molar-refractivity contribution in [2.45, 2.75) is 27.1 Å². The lowest BCUT2D eigenvalue weighted by atomic mass is 10.2. The number of carbonyl (C=O) groups excluding carboxylic acids is 1. The van der Waals surface area contributed by atoms with E-state index in [2.05, 4.69) is 41.5 Å². The predicted molar refractivity (Wildman–Crippen MR) is 136 cm³/mol. The van der Waals surface area contributed by atoms with Crippen LogP contribution in [-0.4, -0.2) is 29.3 Å². The molecule has 4 aromatic rings. The summed E-state index contributed by atoms with van der Waals surface area (Å²) < 4.78 is 18.1. The number of pyridine rings is 1. The standard InChI is InChI=1S/C26H27N3O5S/c1-16-3-5-18(6-4-16)13-32-20-9-17(2)10-21(11-20)33-14-19-15-35-24-22(12-29-25(27)23(19)24)34-26(31)28-7-8-30/h3-6,9-12,15,30H,7-8,13-14H2,1-2H3,(H2,27,29)(H,28,31). The Bertz CT molecular complexity index is 1320. The van der Waals surface area contributed by atoms with Gasteiger partial charge in [-0.1, -0.05) is 29.8 Å². The summed E-state index contributed by atoms with van der Waals surface area (Å²) in [6.07, 6.45) is 0.742. The van der Waals surface area contributed by atoms with Gasteiger partial charge in [0.05, 0.1) is 17.5 Å². The van der Waals surface area contributed by atoms with E-state index in [9.17, 15) is 4.79 Å². The van der Waals surface area contributed by atoms with E-state index < -0.39 is 6.09 Å². The van der Waals surface area contributed by atoms with Gasteiger partial charge in [-0.2, -0.15) is 0 Å². The number of carbonyl (C=O) groups is 1. The second-order valence-corrected chi connectivity index (χ2v) is 8.94. The Morgan fingerprint density at radius 3 is 2.49 bits per heavy atom. The van der Waals surface area contributed by atoms with Crippen molar-refractivity contribution < 1.29 is 24.1 Å². The maximum absolute atomic E-state index is 11.9. The monoisotopic (exact) mass is 493 g/mol. The molecule has 1 amide bonds. The number of hydrogen-bond acceptors (Lipinski definition) is 8. The van der Waals surface area contributed by atoms with Crippen molar-refractivity contribution in [1.29, 1.82) is 0 Å². The Kier molecular flexibility index (Phi) is 7.69. The average Bonchev–Trinajstić information content (AvgIpc) is 3.28. The largest absolute Gasteiger partial charge is 0.489 e. The second kappa shape index (κ2) is 11.1. The van der Waals surface area contributed by atoms with Crippen molar-refractivity contribution in [2.24, 2.45) is 0 Å². The third-order valence-electron chi connectivity index (χ3n) is 5.20. The molecule has 0 spiro atoms. The topological polar surface area (TPSA) is 116 Å². The number of nitrogen functional groups attached to an aromatic ring is 1. The molecular weight excluding hydrogens is 466 g/mol. The van der Waals surface area contributed by atoms with Crippen LogP contribution >= 0.6 is 11.3 Å². The molecule has 0 fully saturated rings. The zero-order chi connectivity index (χ0) is 24.8. The van der Waals surface area contributed by atoms with Crippen LogP contribution in [0, 0.1) is 13.8 Å². The van der Waals surface area contributed by atoms with Gasteiger partial charge in [-0.05, 0) is 42.5 Å². The number of benzene rings is 2. The Morgan fingerprint density at radius 2 is 1.77 bits per heavy atom. The molecular formula is C26H27N3O5S. The molecule has 0 unspecified atom stereocenters. The fourth-order valence-corrected chi connectivity index (χ4v) is 4.48. The highest BCUT2D eigenvalue weighted by Gasteiger charge is 2.16. The van der Waals surface area contributed by atoms with Crippen molar-refractivity contribution >= 4 is 33.3 Å². The molecule has 0 saturated heterocycles. The number of ether oxygens (including phenoxy) is 3. The first-order valence-electron chi connectivity index (χ1n) is 11.1. The Labute approximate surface area is 207 Å². The van der Waals surface area contributed by atoms with Crippen LogP contribution in [0.15, 0.2) is 54.0 Å². The van der Waals surface area contributed by atoms with Crippen molar-refractivity contribution in [3.05, 3.63) is 76.3 Å². The van der Waals surface area contributed by atoms with Gasteiger partial charge in [-0.3, -0.25) is 0 Å². The van der Waals surface area contributed by atoms with E-state index in [-0.39, 0.29) is 19.8 Å². The van der Waals surface area contributed by atoms with E-state index in [0.29, 0.717) is 34.0 Å². The number of nitrogens with one attached hydrogen (secondary N) is 1. The van der Waals surface area contributed by atoms with Crippen LogP contribution in [-0.2, 0) is 13.2 Å². The Hall–Kier alpha value is -3.82. The third kappa shape index (κ3) is 6.20. The number of hydrogen-bond donors (Lipinski definition) is 3. The fourth-order valence-electron chi connectivity index (χ4n) is 3.47. The highest BCUT2D eigenvalue weighted by atomic mass is 32.1. The lowest BCUT2D eigenvalue weighted by Crippen LogP contribution is -2.29. The minimum absolute atomic E-state index is 0.0983. The van der Waals surface area contributed by atoms with Crippen molar-refractivity contribution in [3.63, 3.8) is 0 Å². The van der Waals surface area contributed by atoms with Gasteiger partial charge >= 0.3 is 6.09 Å². The maximum atomic E-state index is 11.9. The van der Waals surface area contributed by atoms with E-state index in [1.54, 1.807) is 0 Å². The SMILES string of the molecule is Cc1ccc(COc2cc(C)cc(OCc3csc4c(OC(=O)NCCO)cnc(N)c34)c2)cc1. The number of aliphatic hydroxyl groups excluding tert-OH is 1. The number of anilines is 1. The highest BCUT2D eigenvalue weighted by molar-refractivity contribution is 7.17. The molecule has 9 heteroatoms. The number of aliphatic hydroxyl groups is 1. The number of nitrogens with two attached hydrogens (primary N) is 1. The number of amides is 1. The number of nitrogens with zero attached hydrogens (tertiary/aromatic N) is 1. The molecule has 35 heavy (non-hydrogen) atoms. The van der Waals surface area contributed by atoms with Gasteiger partial charge in [0.1, 0.15) is 30.5 Å². The molecule has 0 aliphatic rings. The zero-order valence-corrected chi connectivity index (χ0v) is 20.4. The summed E-state index contributed by atoms with van der Waals surface area (Å²) in [5, 5.41) is 13.9. The molecule has 0 aliphatic heterocycles. The molecule has 0 aliphatic carbocycles. The summed E-state index contributed by atoms with van der Waals surface area (Å²) in [7, 11) is 0. The molecule has 0 bridgehead atoms. The first-order chi connectivity index (χ1) is 16.9. The van der Waals surface area contributed by atoms with Gasteiger partial charge in [0, 0.05) is 23.6 Å². The minimum atomic E-state index is -0.670. The molecule has 8 nitrogen and oxygen atoms in total. The van der Waals surface area contributed by atoms with Crippen LogP contribution in [0.2, 0.25) is 0 Å². The molecule has 0 radical (unpaired) electrons. The van der Waals surface area contributed by atoms with E-state index in [1.165, 1.54) is 23.1 Å². The molecule has 4 N–H and O–H groups in total. The Morgan fingerprint density at radius 1 is 1.06 bits per heavy atom. The second-order valence-electron chi connectivity index (χ2n) is 8.06. The van der Waals surface area contributed by atoms with Crippen molar-refractivity contribution in [3.8, 4) is 17.2 Å². The molecule has 182 valence electrons. The summed E-state index contributed by atoms with van der Waals surface area (Å²) in [4.78, 5) is 16.1. The van der Waals surface area contributed by atoms with Crippen LogP contribution in [0.1, 0.15) is 22.3 Å². The van der Waals surface area contributed by atoms with Gasteiger partial charge in [-0.25, -0.2) is 9.78 Å². The van der Waals surface area contributed by atoms with Gasteiger partial charge in [-0.15, -0.1) is 11.3 Å². The summed E-state index contributed by atoms with van der Waals surface area (Å²) in [5.74, 6) is 2.02. The van der Waals surface area contributed by atoms with Gasteiger partial charge in [0.15, 0.2) is 5.75 Å². The number of aromatic nitrogens is 1. The van der Waals surface area contributed by atoms with Gasteiger partial charge in [0.2, 0.25) is 0 Å². The van der Waals surface area contributed by atoms with Crippen LogP contribution in [0.4, 0.5) is 10.6 Å². The molecule has 0 saturated carbocycles. The van der Waals surface area contributed by atoms with Crippen molar-refractivity contribution in [2.75, 3.05) is 18.9 Å². The van der Waals surface area contributed by atoms with Crippen LogP contribution in [0.5, 0.6) is 17.2 Å². The molecule has 2 aromatic carbocycles. The van der Waals surface area contributed by atoms with Gasteiger partial charge in [0.25, 0.3) is 0 Å². The first kappa shape index (κ1) is 24.3. The summed E-state index contributed by atoms with van der Waals surface area (Å²) in [5.41, 5.74) is 10.3. The van der Waals surface area contributed by atoms with Crippen LogP contribution < -0.4 is 25.3 Å². The summed E-state index contributed by atoms with van der Waals surface area (Å²) in [6.45, 7) is 4.68. The zero-order valence-electron chi connectivity index (χ0n) is 19.5. The third-order valence-corrected chi connectivity index (χ3v) is 6.24. The average molecular weight is 494 g/mol. The van der Waals surface area contributed by atoms with Gasteiger partial charge < -0.3 is 30.4 Å². The highest BCUT2D eigenvalue weighted by Crippen LogP contribution is 2.37. The minimum Gasteiger partial charge on any atom is -0.489 e. The molecule has 0 atom stereocenters. The molecule has 2 heterocycles. The van der Waals surface area contributed by atoms with E-state index in [1.807, 2.05) is 30.5 Å². The fraction of sp³-hybridized carbons (Fsp3) is 0.231. The number of aryl methyl sites for hydroxylation is 2. The van der Waals surface area contributed by atoms with Crippen molar-refractivity contribution in [1.82, 2.24) is 10.3 Å². The van der Waals surface area contributed by atoms with E-state index >= 15 is 0 Å². The number of thiophene rings is 1. The normalized spacial score (nSPS) is 10.8. The van der Waals surface area contributed by atoms with E-state index in [4.69, 9.17) is 25.1 Å². The maximum Gasteiger partial charge on any atom is 0.412 e. The quantitative estimate of drug-likeness (QED) is 0.309. The van der Waals surface area contributed by atoms with E-state index in [0.717, 1.165) is 22.4 Å². The lowest BCUT2D eigenvalue weighted by Gasteiger charge is -2.12. The van der Waals surface area contributed by atoms with Crippen LogP contribution in [0.25, 0.3) is 10.1 Å². The summed E-state index contributed by atoms with van der Waals surface area (Å²) >= 11 is 1.39. The molecule has 4 rings (SSSR count). The smallest absolute Gasteiger partial charge is 0.412 e. The summed E-state index contributed by atoms with van der Waals surface area (Å²) in [6, 6.07) is 14.0. The lowest BCUT2D eigenvalue weighted by molar-refractivity contribution is 0.196. The predicted octanol–water partition coefficient (Wildman–Crippen LogP) is 4.73. The number of rotatable bonds is 9. The van der Waals surface area contributed by atoms with Crippen LogP contribution in [0.3, 0.4) is 0 Å². The first-order valence-corrected chi connectivity index (χ1v) is 11.9.